The van der Waals surface area contributed by atoms with Gasteiger partial charge in [0, 0.05) is 17.8 Å². The van der Waals surface area contributed by atoms with Gasteiger partial charge in [0.2, 0.25) is 0 Å². The summed E-state index contributed by atoms with van der Waals surface area (Å²) >= 11 is 11.8. The van der Waals surface area contributed by atoms with E-state index in [0.29, 0.717) is 21.3 Å². The number of amides is 1. The minimum absolute atomic E-state index is 0.151. The highest BCUT2D eigenvalue weighted by molar-refractivity contribution is 6.42. The molecule has 1 heterocycles. The quantitative estimate of drug-likeness (QED) is 0.881. The van der Waals surface area contributed by atoms with Gasteiger partial charge in [0.25, 0.3) is 5.91 Å². The number of hydrogen-bond acceptors (Lipinski definition) is 2. The number of hydrogen-bond donors (Lipinski definition) is 2. The van der Waals surface area contributed by atoms with Crippen molar-refractivity contribution >= 4 is 34.8 Å². The summed E-state index contributed by atoms with van der Waals surface area (Å²) in [4.78, 5) is 12.3. The van der Waals surface area contributed by atoms with Crippen LogP contribution in [0, 0.1) is 0 Å². The van der Waals surface area contributed by atoms with Gasteiger partial charge in [0.15, 0.2) is 0 Å². The fraction of sp³-hybridized carbons (Fsp3) is 0.188. The van der Waals surface area contributed by atoms with Gasteiger partial charge in [-0.05, 0) is 54.4 Å². The molecule has 5 heteroatoms. The van der Waals surface area contributed by atoms with E-state index < -0.39 is 0 Å². The zero-order valence-electron chi connectivity index (χ0n) is 11.2. The molecule has 3 nitrogen and oxygen atoms in total. The second kappa shape index (κ2) is 6.06. The first-order chi connectivity index (χ1) is 10.1. The van der Waals surface area contributed by atoms with Crippen molar-refractivity contribution in [3.8, 4) is 0 Å². The number of nitrogens with one attached hydrogen (secondary N) is 2. The Kier molecular flexibility index (Phi) is 4.15. The lowest BCUT2D eigenvalue weighted by atomic mass is 9.98. The molecule has 0 atom stereocenters. The standard InChI is InChI=1S/C16H14Cl2N2O/c17-14-4-3-13(8-15(14)18)20-16(21)11-2-1-10-5-6-19-9-12(10)7-11/h1-4,7-8,19H,5-6,9H2,(H,20,21). The fourth-order valence-corrected chi connectivity index (χ4v) is 2.70. The molecule has 3 rings (SSSR count). The maximum Gasteiger partial charge on any atom is 0.255 e. The van der Waals surface area contributed by atoms with Gasteiger partial charge in [-0.15, -0.1) is 0 Å². The predicted octanol–water partition coefficient (Wildman–Crippen LogP) is 3.89. The molecule has 1 aliphatic heterocycles. The molecule has 0 radical (unpaired) electrons. The van der Waals surface area contributed by atoms with Crippen molar-refractivity contribution in [2.24, 2.45) is 0 Å². The van der Waals surface area contributed by atoms with Gasteiger partial charge in [-0.1, -0.05) is 29.3 Å². The Morgan fingerprint density at radius 3 is 2.71 bits per heavy atom. The maximum atomic E-state index is 12.3. The van der Waals surface area contributed by atoms with Crippen LogP contribution in [-0.2, 0) is 13.0 Å². The first kappa shape index (κ1) is 14.4. The molecular weight excluding hydrogens is 307 g/mol. The lowest BCUT2D eigenvalue weighted by molar-refractivity contribution is 0.102. The maximum absolute atomic E-state index is 12.3. The number of fused-ring (bicyclic) bond motifs is 1. The van der Waals surface area contributed by atoms with E-state index in [1.54, 1.807) is 18.2 Å². The minimum Gasteiger partial charge on any atom is -0.322 e. The third-order valence-electron chi connectivity index (χ3n) is 3.53. The van der Waals surface area contributed by atoms with Crippen LogP contribution in [0.4, 0.5) is 5.69 Å². The van der Waals surface area contributed by atoms with Crippen LogP contribution in [0.5, 0.6) is 0 Å². The van der Waals surface area contributed by atoms with Gasteiger partial charge < -0.3 is 10.6 Å². The van der Waals surface area contributed by atoms with Crippen LogP contribution in [0.1, 0.15) is 21.5 Å². The number of benzene rings is 2. The molecule has 21 heavy (non-hydrogen) atoms. The fourth-order valence-electron chi connectivity index (χ4n) is 2.40. The Morgan fingerprint density at radius 2 is 1.90 bits per heavy atom. The summed E-state index contributed by atoms with van der Waals surface area (Å²) in [5.74, 6) is -0.151. The first-order valence-electron chi connectivity index (χ1n) is 6.72. The van der Waals surface area contributed by atoms with Gasteiger partial charge in [0.05, 0.1) is 10.0 Å². The Bertz CT molecular complexity index is 701. The Balaban J connectivity index is 1.80. The van der Waals surface area contributed by atoms with Crippen LogP contribution in [-0.4, -0.2) is 12.5 Å². The van der Waals surface area contributed by atoms with Gasteiger partial charge in [-0.3, -0.25) is 4.79 Å². The Morgan fingerprint density at radius 1 is 1.05 bits per heavy atom. The number of halogens is 2. The van der Waals surface area contributed by atoms with Crippen molar-refractivity contribution in [1.82, 2.24) is 5.32 Å². The van der Waals surface area contributed by atoms with Crippen LogP contribution < -0.4 is 10.6 Å². The topological polar surface area (TPSA) is 41.1 Å². The SMILES string of the molecule is O=C(Nc1ccc(Cl)c(Cl)c1)c1ccc2c(c1)CNCC2. The number of anilines is 1. The molecule has 108 valence electrons. The molecule has 1 aliphatic rings. The first-order valence-corrected chi connectivity index (χ1v) is 7.48. The minimum atomic E-state index is -0.151. The summed E-state index contributed by atoms with van der Waals surface area (Å²) in [6, 6.07) is 10.9. The van der Waals surface area contributed by atoms with Crippen LogP contribution in [0.2, 0.25) is 10.0 Å². The van der Waals surface area contributed by atoms with E-state index in [-0.39, 0.29) is 5.91 Å². The largest absolute Gasteiger partial charge is 0.322 e. The predicted molar refractivity (Wildman–Crippen MR) is 86.3 cm³/mol. The lowest BCUT2D eigenvalue weighted by Crippen LogP contribution is -2.24. The van der Waals surface area contributed by atoms with E-state index in [9.17, 15) is 4.79 Å². The molecule has 0 saturated heterocycles. The molecule has 2 aromatic carbocycles. The molecule has 0 spiro atoms. The zero-order chi connectivity index (χ0) is 14.8. The molecule has 0 bridgehead atoms. The second-order valence-corrected chi connectivity index (χ2v) is 5.81. The number of carbonyl (C=O) groups is 1. The molecule has 0 saturated carbocycles. The van der Waals surface area contributed by atoms with Crippen molar-refractivity contribution in [2.75, 3.05) is 11.9 Å². The summed E-state index contributed by atoms with van der Waals surface area (Å²) in [5, 5.41) is 7.02. The van der Waals surface area contributed by atoms with E-state index in [2.05, 4.69) is 10.6 Å². The lowest BCUT2D eigenvalue weighted by Gasteiger charge is -2.17. The van der Waals surface area contributed by atoms with E-state index in [4.69, 9.17) is 23.2 Å². The van der Waals surface area contributed by atoms with Crippen molar-refractivity contribution in [3.63, 3.8) is 0 Å². The van der Waals surface area contributed by atoms with Crippen LogP contribution in [0.3, 0.4) is 0 Å². The molecule has 2 N–H and O–H groups in total. The molecule has 0 aromatic heterocycles. The van der Waals surface area contributed by atoms with Crippen LogP contribution in [0.15, 0.2) is 36.4 Å². The van der Waals surface area contributed by atoms with E-state index in [1.807, 2.05) is 18.2 Å². The monoisotopic (exact) mass is 320 g/mol. The van der Waals surface area contributed by atoms with Crippen molar-refractivity contribution in [3.05, 3.63) is 63.1 Å². The van der Waals surface area contributed by atoms with Crippen LogP contribution >= 0.6 is 23.2 Å². The smallest absolute Gasteiger partial charge is 0.255 e. The van der Waals surface area contributed by atoms with Crippen LogP contribution in [0.25, 0.3) is 0 Å². The molecule has 1 amide bonds. The second-order valence-electron chi connectivity index (χ2n) is 4.99. The normalized spacial score (nSPS) is 13.6. The average molecular weight is 321 g/mol. The molecule has 0 aliphatic carbocycles. The van der Waals surface area contributed by atoms with Gasteiger partial charge in [-0.2, -0.15) is 0 Å². The molecular formula is C16H14Cl2N2O. The summed E-state index contributed by atoms with van der Waals surface area (Å²) < 4.78 is 0. The Hall–Kier alpha value is -1.55. The molecule has 0 fully saturated rings. The highest BCUT2D eigenvalue weighted by Gasteiger charge is 2.13. The van der Waals surface area contributed by atoms with Gasteiger partial charge in [0.1, 0.15) is 0 Å². The van der Waals surface area contributed by atoms with Crippen molar-refractivity contribution in [1.29, 1.82) is 0 Å². The Labute approximate surface area is 133 Å². The van der Waals surface area contributed by atoms with Gasteiger partial charge in [-0.25, -0.2) is 0 Å². The highest BCUT2D eigenvalue weighted by atomic mass is 35.5. The van der Waals surface area contributed by atoms with Crippen molar-refractivity contribution < 1.29 is 4.79 Å². The number of rotatable bonds is 2. The zero-order valence-corrected chi connectivity index (χ0v) is 12.8. The summed E-state index contributed by atoms with van der Waals surface area (Å²) in [5.41, 5.74) is 3.76. The van der Waals surface area contributed by atoms with E-state index in [0.717, 1.165) is 19.5 Å². The average Bonchev–Trinajstić information content (AvgIpc) is 2.50. The van der Waals surface area contributed by atoms with E-state index >= 15 is 0 Å². The number of carbonyl (C=O) groups excluding carboxylic acids is 1. The van der Waals surface area contributed by atoms with Gasteiger partial charge >= 0.3 is 0 Å². The molecule has 2 aromatic rings. The summed E-state index contributed by atoms with van der Waals surface area (Å²) in [6.45, 7) is 1.80. The summed E-state index contributed by atoms with van der Waals surface area (Å²) in [7, 11) is 0. The van der Waals surface area contributed by atoms with Crippen molar-refractivity contribution in [2.45, 2.75) is 13.0 Å². The summed E-state index contributed by atoms with van der Waals surface area (Å²) in [6.07, 6.45) is 1.00. The van der Waals surface area contributed by atoms with E-state index in [1.165, 1.54) is 11.1 Å². The third kappa shape index (κ3) is 3.21. The highest BCUT2D eigenvalue weighted by Crippen LogP contribution is 2.25. The third-order valence-corrected chi connectivity index (χ3v) is 4.27. The molecule has 0 unspecified atom stereocenters.